The molecule has 0 amide bonds. The summed E-state index contributed by atoms with van der Waals surface area (Å²) in [5, 5.41) is 3.23. The monoisotopic (exact) mass is 273 g/mol. The molecular formula is C17H20FNO. The average Bonchev–Trinajstić information content (AvgIpc) is 2.45. The van der Waals surface area contributed by atoms with Gasteiger partial charge in [-0.25, -0.2) is 4.39 Å². The van der Waals surface area contributed by atoms with E-state index in [1.807, 2.05) is 38.2 Å². The summed E-state index contributed by atoms with van der Waals surface area (Å²) in [7, 11) is 3.53. The Morgan fingerprint density at radius 1 is 1.00 bits per heavy atom. The molecule has 3 heteroatoms. The second kappa shape index (κ2) is 6.06. The van der Waals surface area contributed by atoms with E-state index in [0.717, 1.165) is 22.4 Å². The first-order valence-electron chi connectivity index (χ1n) is 6.64. The molecule has 2 aromatic carbocycles. The van der Waals surface area contributed by atoms with Gasteiger partial charge in [0.15, 0.2) is 0 Å². The Hall–Kier alpha value is -1.87. The summed E-state index contributed by atoms with van der Waals surface area (Å²) in [4.78, 5) is 0. The maximum atomic E-state index is 13.7. The van der Waals surface area contributed by atoms with E-state index in [4.69, 9.17) is 4.74 Å². The maximum Gasteiger partial charge on any atom is 0.126 e. The summed E-state index contributed by atoms with van der Waals surface area (Å²) >= 11 is 0. The topological polar surface area (TPSA) is 21.3 Å². The zero-order valence-corrected chi connectivity index (χ0v) is 12.3. The molecule has 0 fully saturated rings. The van der Waals surface area contributed by atoms with Crippen LogP contribution in [0, 0.1) is 19.7 Å². The predicted molar refractivity (Wildman–Crippen MR) is 79.8 cm³/mol. The number of halogens is 1. The summed E-state index contributed by atoms with van der Waals surface area (Å²) in [5.41, 5.74) is 3.70. The summed E-state index contributed by atoms with van der Waals surface area (Å²) in [6.45, 7) is 3.77. The molecule has 0 radical (unpaired) electrons. The lowest BCUT2D eigenvalue weighted by atomic mass is 9.96. The Balaban J connectivity index is 2.43. The fourth-order valence-corrected chi connectivity index (χ4v) is 2.33. The molecule has 0 aliphatic heterocycles. The molecule has 1 atom stereocenters. The van der Waals surface area contributed by atoms with Crippen molar-refractivity contribution in [3.63, 3.8) is 0 Å². The third-order valence-electron chi connectivity index (χ3n) is 3.58. The van der Waals surface area contributed by atoms with Gasteiger partial charge < -0.3 is 10.1 Å². The van der Waals surface area contributed by atoms with Crippen molar-refractivity contribution < 1.29 is 9.13 Å². The minimum Gasteiger partial charge on any atom is -0.496 e. The second-order valence-corrected chi connectivity index (χ2v) is 4.96. The summed E-state index contributed by atoms with van der Waals surface area (Å²) in [6, 6.07) is 11.3. The minimum absolute atomic E-state index is 0.0559. The molecule has 0 heterocycles. The van der Waals surface area contributed by atoms with Gasteiger partial charge in [0.25, 0.3) is 0 Å². The molecule has 2 rings (SSSR count). The molecule has 0 bridgehead atoms. The SMILES string of the molecule is CNC(c1ccc(C)c(F)c1)c1ccc(C)c(OC)c1. The minimum atomic E-state index is -0.179. The van der Waals surface area contributed by atoms with Crippen LogP contribution in [0.2, 0.25) is 0 Å². The van der Waals surface area contributed by atoms with Gasteiger partial charge in [0, 0.05) is 0 Å². The highest BCUT2D eigenvalue weighted by Gasteiger charge is 2.14. The number of methoxy groups -OCH3 is 1. The summed E-state index contributed by atoms with van der Waals surface area (Å²) in [5.74, 6) is 0.664. The molecule has 1 unspecified atom stereocenters. The summed E-state index contributed by atoms with van der Waals surface area (Å²) in [6.07, 6.45) is 0. The van der Waals surface area contributed by atoms with Crippen molar-refractivity contribution >= 4 is 0 Å². The Kier molecular flexibility index (Phi) is 4.40. The number of rotatable bonds is 4. The van der Waals surface area contributed by atoms with Crippen molar-refractivity contribution in [2.24, 2.45) is 0 Å². The van der Waals surface area contributed by atoms with Crippen LogP contribution in [0.3, 0.4) is 0 Å². The van der Waals surface area contributed by atoms with E-state index in [1.165, 1.54) is 0 Å². The van der Waals surface area contributed by atoms with Gasteiger partial charge >= 0.3 is 0 Å². The van der Waals surface area contributed by atoms with E-state index in [9.17, 15) is 4.39 Å². The van der Waals surface area contributed by atoms with Gasteiger partial charge in [-0.1, -0.05) is 24.3 Å². The Bertz CT molecular complexity index is 610. The molecule has 1 N–H and O–H groups in total. The van der Waals surface area contributed by atoms with Crippen LogP contribution in [0.1, 0.15) is 28.3 Å². The molecule has 106 valence electrons. The molecule has 0 spiro atoms. The number of hydrogen-bond donors (Lipinski definition) is 1. The Labute approximate surface area is 119 Å². The lowest BCUT2D eigenvalue weighted by Crippen LogP contribution is -2.18. The first-order chi connectivity index (χ1) is 9.56. The van der Waals surface area contributed by atoms with Gasteiger partial charge in [-0.15, -0.1) is 0 Å². The van der Waals surface area contributed by atoms with Crippen LogP contribution in [0.5, 0.6) is 5.75 Å². The first-order valence-corrected chi connectivity index (χ1v) is 6.64. The third-order valence-corrected chi connectivity index (χ3v) is 3.58. The number of aryl methyl sites for hydroxylation is 2. The van der Waals surface area contributed by atoms with Crippen molar-refractivity contribution in [1.82, 2.24) is 5.32 Å². The number of ether oxygens (including phenoxy) is 1. The highest BCUT2D eigenvalue weighted by Crippen LogP contribution is 2.28. The lowest BCUT2D eigenvalue weighted by Gasteiger charge is -2.19. The molecule has 20 heavy (non-hydrogen) atoms. The zero-order chi connectivity index (χ0) is 14.7. The van der Waals surface area contributed by atoms with Crippen molar-refractivity contribution in [3.05, 3.63) is 64.5 Å². The van der Waals surface area contributed by atoms with Crippen LogP contribution >= 0.6 is 0 Å². The van der Waals surface area contributed by atoms with E-state index in [-0.39, 0.29) is 11.9 Å². The fourth-order valence-electron chi connectivity index (χ4n) is 2.33. The average molecular weight is 273 g/mol. The van der Waals surface area contributed by atoms with Crippen LogP contribution in [0.4, 0.5) is 4.39 Å². The normalized spacial score (nSPS) is 12.2. The fraction of sp³-hybridized carbons (Fsp3) is 0.294. The van der Waals surface area contributed by atoms with Crippen LogP contribution in [0.15, 0.2) is 36.4 Å². The first kappa shape index (κ1) is 14.5. The zero-order valence-electron chi connectivity index (χ0n) is 12.3. The lowest BCUT2D eigenvalue weighted by molar-refractivity contribution is 0.410. The molecular weight excluding hydrogens is 253 g/mol. The van der Waals surface area contributed by atoms with Crippen molar-refractivity contribution in [2.75, 3.05) is 14.2 Å². The molecule has 0 saturated carbocycles. The third kappa shape index (κ3) is 2.83. The van der Waals surface area contributed by atoms with E-state index < -0.39 is 0 Å². The van der Waals surface area contributed by atoms with Gasteiger partial charge in [0.05, 0.1) is 13.2 Å². The summed E-state index contributed by atoms with van der Waals surface area (Å²) < 4.78 is 19.1. The molecule has 0 aromatic heterocycles. The number of nitrogens with one attached hydrogen (secondary N) is 1. The Morgan fingerprint density at radius 2 is 1.60 bits per heavy atom. The van der Waals surface area contributed by atoms with Gasteiger partial charge in [-0.05, 0) is 55.3 Å². The van der Waals surface area contributed by atoms with E-state index in [2.05, 4.69) is 5.32 Å². The van der Waals surface area contributed by atoms with Crippen LogP contribution < -0.4 is 10.1 Å². The molecule has 0 saturated heterocycles. The van der Waals surface area contributed by atoms with Gasteiger partial charge in [0.1, 0.15) is 11.6 Å². The molecule has 2 nitrogen and oxygen atoms in total. The van der Waals surface area contributed by atoms with Crippen molar-refractivity contribution in [2.45, 2.75) is 19.9 Å². The van der Waals surface area contributed by atoms with Crippen molar-refractivity contribution in [1.29, 1.82) is 0 Å². The molecule has 0 aliphatic rings. The Morgan fingerprint density at radius 3 is 2.15 bits per heavy atom. The van der Waals surface area contributed by atoms with Crippen LogP contribution in [-0.2, 0) is 0 Å². The van der Waals surface area contributed by atoms with Crippen LogP contribution in [0.25, 0.3) is 0 Å². The quantitative estimate of drug-likeness (QED) is 0.915. The van der Waals surface area contributed by atoms with Crippen molar-refractivity contribution in [3.8, 4) is 5.75 Å². The standard InChI is InChI=1S/C17H20FNO/c1-11-5-7-13(9-15(11)18)17(19-3)14-8-6-12(2)16(10-14)20-4/h5-10,17,19H,1-4H3. The van der Waals surface area contributed by atoms with Gasteiger partial charge in [0.2, 0.25) is 0 Å². The maximum absolute atomic E-state index is 13.7. The number of hydrogen-bond acceptors (Lipinski definition) is 2. The number of benzene rings is 2. The smallest absolute Gasteiger partial charge is 0.126 e. The van der Waals surface area contributed by atoms with Gasteiger partial charge in [-0.2, -0.15) is 0 Å². The van der Waals surface area contributed by atoms with E-state index in [1.54, 1.807) is 26.2 Å². The highest BCUT2D eigenvalue weighted by atomic mass is 19.1. The predicted octanol–water partition coefficient (Wildman–Crippen LogP) is 3.76. The molecule has 0 aliphatic carbocycles. The van der Waals surface area contributed by atoms with Gasteiger partial charge in [-0.3, -0.25) is 0 Å². The largest absolute Gasteiger partial charge is 0.496 e. The highest BCUT2D eigenvalue weighted by molar-refractivity contribution is 5.41. The van der Waals surface area contributed by atoms with Crippen LogP contribution in [-0.4, -0.2) is 14.2 Å². The van der Waals surface area contributed by atoms with E-state index in [0.29, 0.717) is 5.56 Å². The second-order valence-electron chi connectivity index (χ2n) is 4.96. The van der Waals surface area contributed by atoms with E-state index >= 15 is 0 Å². The molecule has 2 aromatic rings.